The van der Waals surface area contributed by atoms with Gasteiger partial charge in [-0.15, -0.1) is 0 Å². The third kappa shape index (κ3) is 7.85. The summed E-state index contributed by atoms with van der Waals surface area (Å²) in [6.07, 6.45) is 5.89. The van der Waals surface area contributed by atoms with Crippen molar-refractivity contribution in [2.45, 2.75) is 141 Å². The Balaban J connectivity index is 1.76. The second-order valence-electron chi connectivity index (χ2n) is 13.1. The number of esters is 2. The van der Waals surface area contributed by atoms with Crippen LogP contribution < -0.4 is 0 Å². The topological polar surface area (TPSA) is 93.2 Å². The quantitative estimate of drug-likeness (QED) is 0.234. The smallest absolute Gasteiger partial charge is 0.306 e. The molecule has 0 atom stereocenters. The summed E-state index contributed by atoms with van der Waals surface area (Å²) in [5.41, 5.74) is -0.985. The molecule has 8 nitrogen and oxygen atoms in total. The van der Waals surface area contributed by atoms with Crippen molar-refractivity contribution in [3.63, 3.8) is 0 Å². The molecular formula is C28H48N2O6. The van der Waals surface area contributed by atoms with E-state index in [2.05, 4.69) is 65.2 Å². The van der Waals surface area contributed by atoms with E-state index in [1.54, 1.807) is 0 Å². The molecule has 2 rings (SSSR count). The van der Waals surface area contributed by atoms with Gasteiger partial charge in [-0.05, 0) is 68.2 Å². The zero-order chi connectivity index (χ0) is 27.4. The minimum absolute atomic E-state index is 0.188. The van der Waals surface area contributed by atoms with Gasteiger partial charge in [-0.25, -0.2) is 0 Å². The minimum Gasteiger partial charge on any atom is -0.462 e. The highest BCUT2D eigenvalue weighted by Gasteiger charge is 2.47. The van der Waals surface area contributed by atoms with Crippen molar-refractivity contribution in [1.29, 1.82) is 0 Å². The number of carbonyl (C=O) groups excluding carboxylic acids is 4. The summed E-state index contributed by atoms with van der Waals surface area (Å²) in [6.45, 7) is 17.4. The van der Waals surface area contributed by atoms with Crippen molar-refractivity contribution in [1.82, 2.24) is 9.80 Å². The van der Waals surface area contributed by atoms with Gasteiger partial charge < -0.3 is 19.1 Å². The lowest BCUT2D eigenvalue weighted by Crippen LogP contribution is -2.62. The molecule has 8 heteroatoms. The Morgan fingerprint density at radius 2 is 0.917 bits per heavy atom. The number of unbranched alkanes of at least 4 members (excludes halogenated alkanes) is 1. The first-order valence-corrected chi connectivity index (χ1v) is 13.4. The van der Waals surface area contributed by atoms with E-state index >= 15 is 0 Å². The van der Waals surface area contributed by atoms with Crippen LogP contribution in [0.25, 0.3) is 0 Å². The van der Waals surface area contributed by atoms with Crippen LogP contribution >= 0.6 is 0 Å². The Hall–Kier alpha value is -1.80. The molecule has 0 aromatic rings. The normalized spacial score (nSPS) is 24.1. The molecule has 206 valence electrons. The molecule has 2 saturated heterocycles. The maximum Gasteiger partial charge on any atom is 0.306 e. The van der Waals surface area contributed by atoms with E-state index in [1.807, 2.05) is 0 Å². The Labute approximate surface area is 217 Å². The summed E-state index contributed by atoms with van der Waals surface area (Å²) in [6, 6.07) is 0. The van der Waals surface area contributed by atoms with Gasteiger partial charge in [-0.2, -0.15) is 0 Å². The van der Waals surface area contributed by atoms with Crippen LogP contribution in [0.2, 0.25) is 0 Å². The van der Waals surface area contributed by atoms with E-state index < -0.39 is 0 Å². The summed E-state index contributed by atoms with van der Waals surface area (Å²) in [5, 5.41) is 0. The second-order valence-corrected chi connectivity index (χ2v) is 13.1. The first kappa shape index (κ1) is 30.4. The highest BCUT2D eigenvalue weighted by atomic mass is 16.5. The average Bonchev–Trinajstić information content (AvgIpc) is 2.69. The Morgan fingerprint density at radius 1 is 0.639 bits per heavy atom. The number of carbonyl (C=O) groups is 4. The molecule has 0 aromatic carbocycles. The highest BCUT2D eigenvalue weighted by molar-refractivity contribution is 5.71. The lowest BCUT2D eigenvalue weighted by Gasteiger charge is -2.54. The number of likely N-dealkylation sites (tertiary alicyclic amines) is 2. The van der Waals surface area contributed by atoms with Crippen molar-refractivity contribution in [2.24, 2.45) is 0 Å². The maximum absolute atomic E-state index is 12.5. The van der Waals surface area contributed by atoms with Gasteiger partial charge in [-0.3, -0.25) is 19.4 Å². The molecule has 0 radical (unpaired) electrons. The van der Waals surface area contributed by atoms with E-state index in [4.69, 9.17) is 9.47 Å². The summed E-state index contributed by atoms with van der Waals surface area (Å²) in [5.74, 6) is -0.482. The monoisotopic (exact) mass is 508 g/mol. The van der Waals surface area contributed by atoms with E-state index in [-0.39, 0.29) is 59.1 Å². The molecule has 0 spiro atoms. The van der Waals surface area contributed by atoms with Gasteiger partial charge in [0.2, 0.25) is 0 Å². The summed E-state index contributed by atoms with van der Waals surface area (Å²) >= 11 is 0. The van der Waals surface area contributed by atoms with Crippen LogP contribution in [0.1, 0.15) is 107 Å². The largest absolute Gasteiger partial charge is 0.462 e. The summed E-state index contributed by atoms with van der Waals surface area (Å²) in [4.78, 5) is 51.6. The lowest BCUT2D eigenvalue weighted by molar-refractivity contribution is -0.163. The van der Waals surface area contributed by atoms with Crippen molar-refractivity contribution in [3.05, 3.63) is 0 Å². The van der Waals surface area contributed by atoms with Crippen molar-refractivity contribution in [2.75, 3.05) is 13.1 Å². The Kier molecular flexibility index (Phi) is 9.90. The molecule has 0 saturated carbocycles. The van der Waals surface area contributed by atoms with Crippen LogP contribution in [0, 0.1) is 0 Å². The van der Waals surface area contributed by atoms with E-state index in [9.17, 15) is 19.2 Å². The SMILES string of the molecule is CC1(C)CC(OC(=O)CCCCC(=O)OC2CC(C)(C)N(CC=O)C(C)(C)C2)CC(C)(C)N1CC=O. The molecule has 0 amide bonds. The molecule has 2 fully saturated rings. The van der Waals surface area contributed by atoms with E-state index in [1.165, 1.54) is 0 Å². The zero-order valence-electron chi connectivity index (χ0n) is 23.7. The number of ether oxygens (including phenoxy) is 2. The number of hydrogen-bond acceptors (Lipinski definition) is 8. The van der Waals surface area contributed by atoms with Crippen LogP contribution in [0.3, 0.4) is 0 Å². The number of rotatable bonds is 11. The van der Waals surface area contributed by atoms with Gasteiger partial charge in [0.15, 0.2) is 0 Å². The minimum atomic E-state index is -0.246. The number of piperidine rings is 2. The fourth-order valence-corrected chi connectivity index (χ4v) is 6.78. The van der Waals surface area contributed by atoms with Crippen molar-refractivity contribution < 1.29 is 28.7 Å². The van der Waals surface area contributed by atoms with Gasteiger partial charge in [0.05, 0.1) is 13.1 Å². The first-order valence-electron chi connectivity index (χ1n) is 13.4. The maximum atomic E-state index is 12.5. The van der Waals surface area contributed by atoms with E-state index in [0.29, 0.717) is 51.6 Å². The van der Waals surface area contributed by atoms with Crippen LogP contribution in [0.5, 0.6) is 0 Å². The standard InChI is InChI=1S/C28H48N2O6/c1-25(2)17-21(18-26(3,4)29(25)13-15-31)35-23(33)11-9-10-12-24(34)36-22-19-27(5,6)30(14-16-32)28(7,8)20-22/h15-16,21-22H,9-14,17-20H2,1-8H3. The molecule has 2 aliphatic heterocycles. The van der Waals surface area contributed by atoms with Crippen LogP contribution in [0.4, 0.5) is 0 Å². The molecule has 36 heavy (non-hydrogen) atoms. The highest BCUT2D eigenvalue weighted by Crippen LogP contribution is 2.40. The van der Waals surface area contributed by atoms with E-state index in [0.717, 1.165) is 12.6 Å². The molecule has 2 heterocycles. The van der Waals surface area contributed by atoms with Gasteiger partial charge in [0.25, 0.3) is 0 Å². The average molecular weight is 509 g/mol. The molecule has 0 bridgehead atoms. The fraction of sp³-hybridized carbons (Fsp3) is 0.857. The van der Waals surface area contributed by atoms with Crippen LogP contribution in [-0.4, -0.2) is 81.8 Å². The molecule has 0 aromatic heterocycles. The molecular weight excluding hydrogens is 460 g/mol. The Morgan fingerprint density at radius 3 is 1.17 bits per heavy atom. The third-order valence-electron chi connectivity index (χ3n) is 7.95. The van der Waals surface area contributed by atoms with Crippen molar-refractivity contribution in [3.8, 4) is 0 Å². The summed E-state index contributed by atoms with van der Waals surface area (Å²) < 4.78 is 11.6. The van der Waals surface area contributed by atoms with Gasteiger partial charge in [0, 0.05) is 60.7 Å². The molecule has 0 aliphatic carbocycles. The first-order chi connectivity index (χ1) is 16.5. The summed E-state index contributed by atoms with van der Waals surface area (Å²) in [7, 11) is 0. The zero-order valence-corrected chi connectivity index (χ0v) is 23.7. The molecule has 0 unspecified atom stereocenters. The molecule has 2 aliphatic rings. The predicted octanol–water partition coefficient (Wildman–Crippen LogP) is 4.07. The lowest BCUT2D eigenvalue weighted by atomic mass is 9.78. The van der Waals surface area contributed by atoms with Gasteiger partial charge in [0.1, 0.15) is 24.8 Å². The fourth-order valence-electron chi connectivity index (χ4n) is 6.78. The van der Waals surface area contributed by atoms with Gasteiger partial charge in [-0.1, -0.05) is 0 Å². The second kappa shape index (κ2) is 11.7. The van der Waals surface area contributed by atoms with Crippen LogP contribution in [0.15, 0.2) is 0 Å². The van der Waals surface area contributed by atoms with Crippen LogP contribution in [-0.2, 0) is 28.7 Å². The predicted molar refractivity (Wildman–Crippen MR) is 139 cm³/mol. The van der Waals surface area contributed by atoms with Gasteiger partial charge >= 0.3 is 11.9 Å². The number of hydrogen-bond donors (Lipinski definition) is 0. The van der Waals surface area contributed by atoms with Crippen molar-refractivity contribution >= 4 is 24.5 Å². The molecule has 0 N–H and O–H groups in total. The Bertz CT molecular complexity index is 702. The number of nitrogens with zero attached hydrogens (tertiary/aromatic N) is 2. The third-order valence-corrected chi connectivity index (χ3v) is 7.95. The number of aldehydes is 2.